The Morgan fingerprint density at radius 1 is 1.26 bits per heavy atom. The van der Waals surface area contributed by atoms with E-state index in [-0.39, 0.29) is 63.3 Å². The standard InChI is InChI=1S/C26H27N6O2.K/c1-17-10-21(14-30-26(17)34-4)25(33)31-23-7-5-6-19(11-23)18(2)27-8-9-28-24-12-20(13-29-24)22-15-32(3)16-22;/h5-7,9-16,18,27H,1-4H3,(H,28,29)(H,31,33);/q-1;+1. The molecular formula is C26H27KN6O2. The monoisotopic (exact) mass is 494 g/mol. The fourth-order valence-electron chi connectivity index (χ4n) is 3.52. The first-order valence-corrected chi connectivity index (χ1v) is 10.9. The summed E-state index contributed by atoms with van der Waals surface area (Å²) in [6.45, 7) is 3.87. The molecule has 9 heteroatoms. The number of amides is 1. The molecule has 35 heavy (non-hydrogen) atoms. The topological polar surface area (TPSA) is 91.2 Å². The maximum Gasteiger partial charge on any atom is 1.00 e. The Balaban J connectivity index is 0.00000342. The second kappa shape index (κ2) is 12.3. The quantitative estimate of drug-likeness (QED) is 0.177. The second-order valence-corrected chi connectivity index (χ2v) is 8.05. The average molecular weight is 495 g/mol. The Bertz CT molecular complexity index is 1290. The smallest absolute Gasteiger partial charge is 0.560 e. The number of aromatic nitrogens is 2. The van der Waals surface area contributed by atoms with Crippen LogP contribution < -0.4 is 72.1 Å². The first-order valence-electron chi connectivity index (χ1n) is 10.9. The van der Waals surface area contributed by atoms with Crippen LogP contribution in [0.15, 0.2) is 61.2 Å². The van der Waals surface area contributed by atoms with E-state index in [4.69, 9.17) is 4.74 Å². The molecule has 0 radical (unpaired) electrons. The number of hydrogen-bond donors (Lipinski definition) is 3. The van der Waals surface area contributed by atoms with Gasteiger partial charge in [-0.15, -0.1) is 11.6 Å². The van der Waals surface area contributed by atoms with Gasteiger partial charge in [0, 0.05) is 29.1 Å². The molecule has 0 aliphatic carbocycles. The van der Waals surface area contributed by atoms with Crippen molar-refractivity contribution in [3.8, 4) is 5.88 Å². The van der Waals surface area contributed by atoms with Crippen molar-refractivity contribution < 1.29 is 65.5 Å². The van der Waals surface area contributed by atoms with Crippen molar-refractivity contribution in [3.05, 3.63) is 89.6 Å². The summed E-state index contributed by atoms with van der Waals surface area (Å²) in [7, 11) is 3.55. The van der Waals surface area contributed by atoms with E-state index in [2.05, 4.69) is 44.5 Å². The van der Waals surface area contributed by atoms with Gasteiger partial charge in [0.05, 0.1) is 18.5 Å². The van der Waals surface area contributed by atoms with Gasteiger partial charge < -0.3 is 31.9 Å². The van der Waals surface area contributed by atoms with Crippen molar-refractivity contribution in [1.82, 2.24) is 15.3 Å². The van der Waals surface area contributed by atoms with Crippen LogP contribution in [0.2, 0.25) is 0 Å². The fraction of sp³-hybridized carbons (Fsp3) is 0.192. The molecule has 0 saturated carbocycles. The van der Waals surface area contributed by atoms with Gasteiger partial charge in [0.25, 0.3) is 5.91 Å². The third kappa shape index (κ3) is 6.93. The van der Waals surface area contributed by atoms with Crippen molar-refractivity contribution in [2.24, 2.45) is 0 Å². The van der Waals surface area contributed by atoms with Crippen molar-refractivity contribution in [2.45, 2.75) is 19.9 Å². The van der Waals surface area contributed by atoms with Crippen LogP contribution in [0, 0.1) is 13.1 Å². The van der Waals surface area contributed by atoms with Crippen LogP contribution in [-0.2, 0) is 0 Å². The van der Waals surface area contributed by atoms with Crippen LogP contribution >= 0.6 is 0 Å². The number of pyridine rings is 1. The molecule has 0 saturated heterocycles. The molecule has 0 spiro atoms. The predicted octanol–water partition coefficient (Wildman–Crippen LogP) is 0.874. The van der Waals surface area contributed by atoms with Gasteiger partial charge >= 0.3 is 51.4 Å². The van der Waals surface area contributed by atoms with Crippen LogP contribution in [0.3, 0.4) is 0 Å². The summed E-state index contributed by atoms with van der Waals surface area (Å²) in [5.41, 5.74) is 5.22. The van der Waals surface area contributed by atoms with Gasteiger partial charge in [-0.3, -0.25) is 4.79 Å². The minimum atomic E-state index is -0.227. The van der Waals surface area contributed by atoms with E-state index in [1.165, 1.54) is 6.20 Å². The predicted molar refractivity (Wildman–Crippen MR) is 133 cm³/mol. The maximum atomic E-state index is 12.6. The second-order valence-electron chi connectivity index (χ2n) is 8.05. The summed E-state index contributed by atoms with van der Waals surface area (Å²) in [6, 6.07) is 11.4. The minimum absolute atomic E-state index is 0. The zero-order chi connectivity index (χ0) is 24.1. The van der Waals surface area contributed by atoms with Gasteiger partial charge in [0.1, 0.15) is 19.5 Å². The summed E-state index contributed by atoms with van der Waals surface area (Å²) in [5, 5.41) is 9.24. The number of nitrogens with zero attached hydrogens (tertiary/aromatic N) is 3. The van der Waals surface area contributed by atoms with Crippen LogP contribution in [0.25, 0.3) is 5.57 Å². The van der Waals surface area contributed by atoms with Gasteiger partial charge in [-0.25, -0.2) is 9.56 Å². The molecular weight excluding hydrogens is 467 g/mol. The Labute approximate surface area is 248 Å². The largest absolute Gasteiger partial charge is 1.00 e. The van der Waals surface area contributed by atoms with E-state index >= 15 is 0 Å². The van der Waals surface area contributed by atoms with Crippen molar-refractivity contribution >= 4 is 29.2 Å². The number of aryl methyl sites for hydroxylation is 1. The number of rotatable bonds is 9. The molecule has 0 bridgehead atoms. The molecule has 1 atom stereocenters. The van der Waals surface area contributed by atoms with E-state index in [9.17, 15) is 4.79 Å². The van der Waals surface area contributed by atoms with E-state index in [0.717, 1.165) is 28.1 Å². The summed E-state index contributed by atoms with van der Waals surface area (Å²) < 4.78 is 7.16. The Hall–Kier alpha value is -2.69. The number of nitrogens with one attached hydrogen (secondary N) is 3. The van der Waals surface area contributed by atoms with Gasteiger partial charge in [-0.1, -0.05) is 18.3 Å². The third-order valence-corrected chi connectivity index (χ3v) is 5.38. The molecule has 1 aliphatic rings. The summed E-state index contributed by atoms with van der Waals surface area (Å²) in [5.74, 6) is 1.04. The zero-order valence-corrected chi connectivity index (χ0v) is 23.7. The van der Waals surface area contributed by atoms with E-state index in [1.54, 1.807) is 19.4 Å². The van der Waals surface area contributed by atoms with E-state index in [0.29, 0.717) is 17.1 Å². The first-order chi connectivity index (χ1) is 16.4. The van der Waals surface area contributed by atoms with E-state index in [1.807, 2.05) is 62.0 Å². The molecule has 3 aromatic rings. The number of allylic oxidation sites excluding steroid dienone is 1. The summed E-state index contributed by atoms with van der Waals surface area (Å²) in [6.07, 6.45) is 12.2. The van der Waals surface area contributed by atoms with Crippen LogP contribution in [-0.4, -0.2) is 40.8 Å². The molecule has 2 aromatic heterocycles. The van der Waals surface area contributed by atoms with Crippen molar-refractivity contribution in [3.63, 3.8) is 0 Å². The SMILES string of the molecule is COc1ncc(C(=O)Nc2cccc(C(C)N[C-]=CNc3[cH-]c(C4=C[N+](C)=C4)cn3)c2)cc1C.[K+]. The van der Waals surface area contributed by atoms with E-state index < -0.39 is 0 Å². The van der Waals surface area contributed by atoms with Crippen molar-refractivity contribution in [2.75, 3.05) is 24.8 Å². The first kappa shape index (κ1) is 26.9. The minimum Gasteiger partial charge on any atom is -0.560 e. The molecule has 3 heterocycles. The molecule has 1 aromatic carbocycles. The third-order valence-electron chi connectivity index (χ3n) is 5.38. The van der Waals surface area contributed by atoms with Crippen LogP contribution in [0.5, 0.6) is 5.88 Å². The normalized spacial score (nSPS) is 13.1. The average Bonchev–Trinajstić information content (AvgIpc) is 3.28. The van der Waals surface area contributed by atoms with Gasteiger partial charge in [0.2, 0.25) is 5.88 Å². The molecule has 1 unspecified atom stereocenters. The molecule has 4 rings (SSSR count). The molecule has 3 N–H and O–H groups in total. The molecule has 1 aliphatic heterocycles. The summed E-state index contributed by atoms with van der Waals surface area (Å²) in [4.78, 5) is 21.2. The summed E-state index contributed by atoms with van der Waals surface area (Å²) >= 11 is 0. The molecule has 8 nitrogen and oxygen atoms in total. The van der Waals surface area contributed by atoms with Crippen LogP contribution in [0.1, 0.15) is 40.0 Å². The Kier molecular flexibility index (Phi) is 9.47. The van der Waals surface area contributed by atoms with Gasteiger partial charge in [-0.05, 0) is 37.6 Å². The number of ether oxygens (including phenoxy) is 1. The number of carbonyl (C=O) groups excluding carboxylic acids is 1. The molecule has 174 valence electrons. The number of anilines is 2. The fourth-order valence-corrected chi connectivity index (χ4v) is 3.52. The van der Waals surface area contributed by atoms with Crippen molar-refractivity contribution in [1.29, 1.82) is 0 Å². The molecule has 1 amide bonds. The van der Waals surface area contributed by atoms with Gasteiger partial charge in [0.15, 0.2) is 0 Å². The number of carbonyl (C=O) groups is 1. The Morgan fingerprint density at radius 2 is 2.06 bits per heavy atom. The zero-order valence-electron chi connectivity index (χ0n) is 20.6. The maximum absolute atomic E-state index is 12.6. The van der Waals surface area contributed by atoms with Gasteiger partial charge in [-0.2, -0.15) is 6.20 Å². The Morgan fingerprint density at radius 3 is 2.77 bits per heavy atom. The number of hydrogen-bond acceptors (Lipinski definition) is 6. The number of methoxy groups -OCH3 is 1. The van der Waals surface area contributed by atoms with Crippen LogP contribution in [0.4, 0.5) is 11.5 Å². The molecule has 0 fully saturated rings. The number of benzene rings is 1.